The second-order valence-corrected chi connectivity index (χ2v) is 5.93. The summed E-state index contributed by atoms with van der Waals surface area (Å²) >= 11 is 1.42. The second kappa shape index (κ2) is 4.54. The van der Waals surface area contributed by atoms with Crippen LogP contribution in [0.4, 0.5) is 0 Å². The summed E-state index contributed by atoms with van der Waals surface area (Å²) in [5.41, 5.74) is 4.44. The molecule has 0 bridgehead atoms. The van der Waals surface area contributed by atoms with E-state index in [1.165, 1.54) is 11.3 Å². The lowest BCUT2D eigenvalue weighted by atomic mass is 10.1. The van der Waals surface area contributed by atoms with E-state index in [-0.39, 0.29) is 6.61 Å². The predicted molar refractivity (Wildman–Crippen MR) is 82.6 cm³/mol. The number of aldehydes is 1. The van der Waals surface area contributed by atoms with Gasteiger partial charge in [-0.25, -0.2) is 0 Å². The average molecular weight is 297 g/mol. The van der Waals surface area contributed by atoms with Crippen LogP contribution in [0.3, 0.4) is 0 Å². The minimum Gasteiger partial charge on any atom is -0.392 e. The van der Waals surface area contributed by atoms with Gasteiger partial charge in [0.1, 0.15) is 5.69 Å². The molecular weight excluding hydrogens is 286 g/mol. The highest BCUT2D eigenvalue weighted by Gasteiger charge is 2.14. The maximum Gasteiger partial charge on any atom is 0.160 e. The van der Waals surface area contributed by atoms with Crippen molar-refractivity contribution in [3.63, 3.8) is 0 Å². The van der Waals surface area contributed by atoms with Crippen LogP contribution in [0.15, 0.2) is 30.3 Å². The lowest BCUT2D eigenvalue weighted by molar-refractivity contribution is 0.112. The van der Waals surface area contributed by atoms with Gasteiger partial charge in [0.25, 0.3) is 0 Å². The van der Waals surface area contributed by atoms with Gasteiger partial charge in [-0.15, -0.1) is 11.3 Å². The molecule has 4 aromatic rings. The van der Waals surface area contributed by atoms with Crippen molar-refractivity contribution in [3.8, 4) is 11.4 Å². The molecule has 0 atom stereocenters. The molecule has 0 saturated carbocycles. The number of aliphatic hydroxyl groups excluding tert-OH is 1. The van der Waals surface area contributed by atoms with Gasteiger partial charge in [0.2, 0.25) is 0 Å². The van der Waals surface area contributed by atoms with Gasteiger partial charge in [-0.2, -0.15) is 5.10 Å². The van der Waals surface area contributed by atoms with Gasteiger partial charge in [-0.05, 0) is 29.8 Å². The Bertz CT molecular complexity index is 964. The van der Waals surface area contributed by atoms with Crippen LogP contribution in [0, 0.1) is 0 Å². The Morgan fingerprint density at radius 1 is 1.24 bits per heavy atom. The minimum atomic E-state index is 0.0245. The van der Waals surface area contributed by atoms with Crippen LogP contribution in [-0.2, 0) is 6.61 Å². The molecule has 3 aromatic heterocycles. The number of thiophene rings is 1. The Labute approximate surface area is 123 Å². The third-order valence-corrected chi connectivity index (χ3v) is 4.56. The van der Waals surface area contributed by atoms with Crippen LogP contribution >= 0.6 is 11.3 Å². The van der Waals surface area contributed by atoms with E-state index in [4.69, 9.17) is 0 Å². The topological polar surface area (TPSA) is 81.8 Å². The Hall–Kier alpha value is -2.44. The summed E-state index contributed by atoms with van der Waals surface area (Å²) in [4.78, 5) is 14.9. The molecule has 0 unspecified atom stereocenters. The molecule has 4 rings (SSSR count). The first-order valence-corrected chi connectivity index (χ1v) is 7.26. The first kappa shape index (κ1) is 12.3. The Kier molecular flexibility index (Phi) is 2.66. The van der Waals surface area contributed by atoms with Gasteiger partial charge in [-0.1, -0.05) is 6.07 Å². The number of carbonyl (C=O) groups excluding carboxylic acids is 1. The van der Waals surface area contributed by atoms with Crippen molar-refractivity contribution in [1.29, 1.82) is 0 Å². The molecule has 0 aliphatic rings. The highest BCUT2D eigenvalue weighted by Crippen LogP contribution is 2.33. The van der Waals surface area contributed by atoms with Crippen LogP contribution in [0.25, 0.3) is 32.5 Å². The number of rotatable bonds is 3. The minimum absolute atomic E-state index is 0.0245. The van der Waals surface area contributed by atoms with E-state index < -0.39 is 0 Å². The summed E-state index contributed by atoms with van der Waals surface area (Å²) in [7, 11) is 0. The maximum absolute atomic E-state index is 10.9. The van der Waals surface area contributed by atoms with Crippen LogP contribution in [0.2, 0.25) is 0 Å². The average Bonchev–Trinajstić information content (AvgIpc) is 3.18. The Morgan fingerprint density at radius 3 is 2.95 bits per heavy atom. The van der Waals surface area contributed by atoms with Crippen molar-refractivity contribution in [2.24, 2.45) is 0 Å². The number of nitrogens with zero attached hydrogens (tertiary/aromatic N) is 1. The quantitative estimate of drug-likeness (QED) is 0.508. The van der Waals surface area contributed by atoms with E-state index in [1.807, 2.05) is 24.3 Å². The zero-order valence-corrected chi connectivity index (χ0v) is 11.7. The van der Waals surface area contributed by atoms with Gasteiger partial charge in [0.05, 0.1) is 27.4 Å². The summed E-state index contributed by atoms with van der Waals surface area (Å²) in [6, 6.07) is 9.59. The van der Waals surface area contributed by atoms with E-state index in [0.717, 1.165) is 44.4 Å². The van der Waals surface area contributed by atoms with E-state index in [0.29, 0.717) is 4.88 Å². The Balaban J connectivity index is 1.90. The molecule has 6 heteroatoms. The number of hydrogen-bond acceptors (Lipinski definition) is 4. The number of benzene rings is 1. The van der Waals surface area contributed by atoms with Gasteiger partial charge in [0, 0.05) is 10.9 Å². The number of fused-ring (bicyclic) bond motifs is 2. The molecule has 21 heavy (non-hydrogen) atoms. The molecule has 0 radical (unpaired) electrons. The van der Waals surface area contributed by atoms with Gasteiger partial charge in [0.15, 0.2) is 6.29 Å². The number of aromatic nitrogens is 3. The smallest absolute Gasteiger partial charge is 0.160 e. The monoisotopic (exact) mass is 297 g/mol. The summed E-state index contributed by atoms with van der Waals surface area (Å²) < 4.78 is 0.964. The largest absolute Gasteiger partial charge is 0.392 e. The van der Waals surface area contributed by atoms with E-state index >= 15 is 0 Å². The highest BCUT2D eigenvalue weighted by atomic mass is 32.1. The fraction of sp³-hybridized carbons (Fsp3) is 0.0667. The number of H-pyrrole nitrogens is 2. The number of aliphatic hydroxyl groups is 1. The molecule has 0 aliphatic carbocycles. The fourth-order valence-electron chi connectivity index (χ4n) is 2.48. The first-order valence-electron chi connectivity index (χ1n) is 6.44. The third-order valence-electron chi connectivity index (χ3n) is 3.49. The van der Waals surface area contributed by atoms with Crippen molar-refractivity contribution >= 4 is 38.7 Å². The van der Waals surface area contributed by atoms with Crippen molar-refractivity contribution in [2.45, 2.75) is 6.61 Å². The van der Waals surface area contributed by atoms with E-state index in [2.05, 4.69) is 15.2 Å². The van der Waals surface area contributed by atoms with Crippen molar-refractivity contribution < 1.29 is 9.90 Å². The predicted octanol–water partition coefficient (Wildman–Crippen LogP) is 3.08. The first-order chi connectivity index (χ1) is 10.3. The number of carbonyl (C=O) groups is 1. The molecule has 3 N–H and O–H groups in total. The van der Waals surface area contributed by atoms with Crippen LogP contribution in [-0.4, -0.2) is 26.6 Å². The lowest BCUT2D eigenvalue weighted by Crippen LogP contribution is -1.80. The van der Waals surface area contributed by atoms with Crippen LogP contribution in [0.5, 0.6) is 0 Å². The van der Waals surface area contributed by atoms with Crippen molar-refractivity contribution in [1.82, 2.24) is 15.2 Å². The van der Waals surface area contributed by atoms with Gasteiger partial charge in [-0.3, -0.25) is 9.89 Å². The van der Waals surface area contributed by atoms with Crippen LogP contribution in [0.1, 0.15) is 15.2 Å². The van der Waals surface area contributed by atoms with Crippen molar-refractivity contribution in [2.75, 3.05) is 0 Å². The maximum atomic E-state index is 10.9. The molecule has 0 aliphatic heterocycles. The summed E-state index contributed by atoms with van der Waals surface area (Å²) in [5, 5.41) is 17.5. The molecule has 0 saturated heterocycles. The summed E-state index contributed by atoms with van der Waals surface area (Å²) in [6.45, 7) is 0.0245. The molecule has 3 heterocycles. The molecule has 0 fully saturated rings. The fourth-order valence-corrected chi connectivity index (χ4v) is 3.41. The standard InChI is InChI=1S/C15H11N3O2S/c19-6-8-1-2-11-9(3-8)4-12(16-11)14-15-13(17-18-14)5-10(7-20)21-15/h1-5,7,16,19H,6H2,(H,17,18). The lowest BCUT2D eigenvalue weighted by Gasteiger charge is -1.94. The Morgan fingerprint density at radius 2 is 2.14 bits per heavy atom. The number of hydrogen-bond donors (Lipinski definition) is 3. The van der Waals surface area contributed by atoms with Crippen molar-refractivity contribution in [3.05, 3.63) is 40.8 Å². The summed E-state index contributed by atoms with van der Waals surface area (Å²) in [5.74, 6) is 0. The highest BCUT2D eigenvalue weighted by molar-refractivity contribution is 7.21. The molecular formula is C15H11N3O2S. The zero-order valence-electron chi connectivity index (χ0n) is 10.9. The molecule has 0 amide bonds. The molecule has 5 nitrogen and oxygen atoms in total. The van der Waals surface area contributed by atoms with Gasteiger partial charge >= 0.3 is 0 Å². The van der Waals surface area contributed by atoms with Gasteiger partial charge < -0.3 is 10.1 Å². The van der Waals surface area contributed by atoms with E-state index in [1.54, 1.807) is 6.07 Å². The second-order valence-electron chi connectivity index (χ2n) is 4.84. The molecule has 104 valence electrons. The zero-order chi connectivity index (χ0) is 14.4. The normalized spacial score (nSPS) is 11.5. The summed E-state index contributed by atoms with van der Waals surface area (Å²) in [6.07, 6.45) is 0.848. The van der Waals surface area contributed by atoms with E-state index in [9.17, 15) is 9.90 Å². The number of aromatic amines is 2. The molecule has 0 spiro atoms. The third kappa shape index (κ3) is 1.88. The number of nitrogens with one attached hydrogen (secondary N) is 2. The van der Waals surface area contributed by atoms with Crippen LogP contribution < -0.4 is 0 Å². The SMILES string of the molecule is O=Cc1cc2[nH]nc(-c3cc4cc(CO)ccc4[nH]3)c2s1. The molecule has 1 aromatic carbocycles.